The van der Waals surface area contributed by atoms with Gasteiger partial charge in [-0.05, 0) is 13.2 Å². The molecule has 0 amide bonds. The molecule has 0 aliphatic carbocycles. The summed E-state index contributed by atoms with van der Waals surface area (Å²) in [5, 5.41) is 11.8. The van der Waals surface area contributed by atoms with Crippen LogP contribution in [-0.4, -0.2) is 29.7 Å². The van der Waals surface area contributed by atoms with Crippen molar-refractivity contribution in [3.8, 4) is 0 Å². The highest BCUT2D eigenvalue weighted by Gasteiger charge is 2.05. The fourth-order valence-corrected chi connectivity index (χ4v) is 1.71. The average molecular weight is 265 g/mol. The third-order valence-corrected chi connectivity index (χ3v) is 2.93. The van der Waals surface area contributed by atoms with Crippen molar-refractivity contribution < 1.29 is 14.7 Å². The van der Waals surface area contributed by atoms with E-state index in [1.54, 1.807) is 18.4 Å². The maximum Gasteiger partial charge on any atom is 0.322 e. The van der Waals surface area contributed by atoms with E-state index in [9.17, 15) is 9.59 Å². The number of nitrogens with one attached hydrogen (secondary N) is 1. The molecule has 0 fully saturated rings. The van der Waals surface area contributed by atoms with Crippen molar-refractivity contribution in [3.63, 3.8) is 0 Å². The van der Waals surface area contributed by atoms with E-state index in [1.165, 1.54) is 17.8 Å². The topological polar surface area (TPSA) is 66.4 Å². The highest BCUT2D eigenvalue weighted by Crippen LogP contribution is 2.11. The molecule has 0 bridgehead atoms. The standard InChI is InChI=1S/C13H15NO3S/c1-9-3-5-10(6-4-9)11(15)7-12(18-2)14-8-13(16)17/h3-7,14H,8H2,1-2H3,(H,16,17)/b12-7-. The Kier molecular flexibility index (Phi) is 5.45. The molecule has 0 radical (unpaired) electrons. The molecule has 0 aliphatic heterocycles. The molecule has 0 unspecified atom stereocenters. The Morgan fingerprint density at radius 2 is 1.94 bits per heavy atom. The smallest absolute Gasteiger partial charge is 0.322 e. The number of carbonyl (C=O) groups is 2. The Hall–Kier alpha value is -1.75. The van der Waals surface area contributed by atoms with Crippen LogP contribution in [0, 0.1) is 6.92 Å². The predicted molar refractivity (Wildman–Crippen MR) is 72.7 cm³/mol. The average Bonchev–Trinajstić information content (AvgIpc) is 2.34. The van der Waals surface area contributed by atoms with Crippen molar-refractivity contribution in [2.24, 2.45) is 0 Å². The van der Waals surface area contributed by atoms with Crippen molar-refractivity contribution in [3.05, 3.63) is 46.5 Å². The number of hydrogen-bond donors (Lipinski definition) is 2. The Bertz CT molecular complexity index is 466. The predicted octanol–water partition coefficient (Wildman–Crippen LogP) is 2.06. The summed E-state index contributed by atoms with van der Waals surface area (Å²) in [6.07, 6.45) is 3.20. The first-order valence-corrected chi connectivity index (χ1v) is 6.57. The molecular formula is C13H15NO3S. The number of aliphatic carboxylic acids is 1. The molecule has 0 aliphatic rings. The van der Waals surface area contributed by atoms with Crippen LogP contribution in [0.5, 0.6) is 0 Å². The SMILES string of the molecule is CS/C(=C\C(=O)c1ccc(C)cc1)NCC(=O)O. The molecule has 5 heteroatoms. The zero-order chi connectivity index (χ0) is 13.5. The normalized spacial score (nSPS) is 11.1. The van der Waals surface area contributed by atoms with E-state index in [1.807, 2.05) is 19.1 Å². The van der Waals surface area contributed by atoms with Gasteiger partial charge in [0.25, 0.3) is 0 Å². The number of carboxylic acids is 1. The first-order chi connectivity index (χ1) is 8.52. The third kappa shape index (κ3) is 4.63. The van der Waals surface area contributed by atoms with E-state index in [2.05, 4.69) is 5.32 Å². The largest absolute Gasteiger partial charge is 0.480 e. The van der Waals surface area contributed by atoms with Crippen LogP contribution in [0.3, 0.4) is 0 Å². The van der Waals surface area contributed by atoms with Crippen LogP contribution in [0.25, 0.3) is 0 Å². The summed E-state index contributed by atoms with van der Waals surface area (Å²) in [5.41, 5.74) is 1.67. The molecule has 1 aromatic rings. The summed E-state index contributed by atoms with van der Waals surface area (Å²) in [7, 11) is 0. The van der Waals surface area contributed by atoms with E-state index in [4.69, 9.17) is 5.11 Å². The van der Waals surface area contributed by atoms with Crippen LogP contribution in [0.4, 0.5) is 0 Å². The monoisotopic (exact) mass is 265 g/mol. The first kappa shape index (κ1) is 14.3. The lowest BCUT2D eigenvalue weighted by Gasteiger charge is -2.05. The first-order valence-electron chi connectivity index (χ1n) is 5.35. The number of carbonyl (C=O) groups excluding carboxylic acids is 1. The van der Waals surface area contributed by atoms with E-state index in [0.29, 0.717) is 10.6 Å². The highest BCUT2D eigenvalue weighted by molar-refractivity contribution is 8.02. The van der Waals surface area contributed by atoms with E-state index in [-0.39, 0.29) is 12.3 Å². The van der Waals surface area contributed by atoms with Crippen LogP contribution in [0.2, 0.25) is 0 Å². The van der Waals surface area contributed by atoms with E-state index in [0.717, 1.165) is 5.56 Å². The number of allylic oxidation sites excluding steroid dienone is 1. The van der Waals surface area contributed by atoms with Crippen molar-refractivity contribution in [2.45, 2.75) is 6.92 Å². The van der Waals surface area contributed by atoms with E-state index >= 15 is 0 Å². The zero-order valence-electron chi connectivity index (χ0n) is 10.3. The van der Waals surface area contributed by atoms with Gasteiger partial charge in [-0.25, -0.2) is 0 Å². The van der Waals surface area contributed by atoms with Gasteiger partial charge in [0.05, 0.1) is 5.03 Å². The number of thioether (sulfide) groups is 1. The van der Waals surface area contributed by atoms with Crippen molar-refractivity contribution in [2.75, 3.05) is 12.8 Å². The second-order valence-corrected chi connectivity index (χ2v) is 4.54. The van der Waals surface area contributed by atoms with Gasteiger partial charge in [-0.2, -0.15) is 0 Å². The summed E-state index contributed by atoms with van der Waals surface area (Å²) in [6, 6.07) is 7.24. The van der Waals surface area contributed by atoms with Gasteiger partial charge in [-0.15, -0.1) is 11.8 Å². The van der Waals surface area contributed by atoms with Crippen LogP contribution in [0.15, 0.2) is 35.4 Å². The fourth-order valence-electron chi connectivity index (χ4n) is 1.27. The van der Waals surface area contributed by atoms with Crippen molar-refractivity contribution in [1.29, 1.82) is 0 Å². The van der Waals surface area contributed by atoms with Gasteiger partial charge < -0.3 is 10.4 Å². The molecule has 4 nitrogen and oxygen atoms in total. The van der Waals surface area contributed by atoms with Gasteiger partial charge in [-0.1, -0.05) is 29.8 Å². The summed E-state index contributed by atoms with van der Waals surface area (Å²) in [4.78, 5) is 22.3. The third-order valence-electron chi connectivity index (χ3n) is 2.23. The van der Waals surface area contributed by atoms with Gasteiger partial charge in [0, 0.05) is 11.6 Å². The second-order valence-electron chi connectivity index (χ2n) is 3.69. The van der Waals surface area contributed by atoms with E-state index < -0.39 is 5.97 Å². The van der Waals surface area contributed by atoms with Crippen LogP contribution >= 0.6 is 11.8 Å². The Balaban J connectivity index is 2.75. The molecule has 0 spiro atoms. The van der Waals surface area contributed by atoms with Crippen LogP contribution in [-0.2, 0) is 4.79 Å². The lowest BCUT2D eigenvalue weighted by Crippen LogP contribution is -2.21. The number of rotatable bonds is 6. The Morgan fingerprint density at radius 1 is 1.33 bits per heavy atom. The van der Waals surface area contributed by atoms with Crippen molar-refractivity contribution in [1.82, 2.24) is 5.32 Å². The molecule has 2 N–H and O–H groups in total. The quantitative estimate of drug-likeness (QED) is 0.609. The molecule has 96 valence electrons. The van der Waals surface area contributed by atoms with Gasteiger partial charge in [0.15, 0.2) is 5.78 Å². The van der Waals surface area contributed by atoms with Crippen molar-refractivity contribution >= 4 is 23.5 Å². The fraction of sp³-hybridized carbons (Fsp3) is 0.231. The second kappa shape index (κ2) is 6.86. The Morgan fingerprint density at radius 3 is 2.44 bits per heavy atom. The number of benzene rings is 1. The molecule has 0 aromatic heterocycles. The number of hydrogen-bond acceptors (Lipinski definition) is 4. The molecule has 18 heavy (non-hydrogen) atoms. The molecule has 0 heterocycles. The van der Waals surface area contributed by atoms with Gasteiger partial charge >= 0.3 is 5.97 Å². The minimum Gasteiger partial charge on any atom is -0.480 e. The summed E-state index contributed by atoms with van der Waals surface area (Å²) >= 11 is 1.30. The number of aryl methyl sites for hydroxylation is 1. The molecular weight excluding hydrogens is 250 g/mol. The lowest BCUT2D eigenvalue weighted by molar-refractivity contribution is -0.135. The number of carboxylic acid groups (broad SMARTS) is 1. The summed E-state index contributed by atoms with van der Waals surface area (Å²) in [5.74, 6) is -1.10. The Labute approximate surface area is 110 Å². The number of ketones is 1. The maximum atomic E-state index is 11.9. The van der Waals surface area contributed by atoms with Crippen LogP contribution in [0.1, 0.15) is 15.9 Å². The minimum absolute atomic E-state index is 0.141. The zero-order valence-corrected chi connectivity index (χ0v) is 11.1. The minimum atomic E-state index is -0.960. The molecule has 0 atom stereocenters. The molecule has 0 saturated carbocycles. The van der Waals surface area contributed by atoms with Gasteiger partial charge in [0.1, 0.15) is 6.54 Å². The summed E-state index contributed by atoms with van der Waals surface area (Å²) in [6.45, 7) is 1.75. The molecule has 1 aromatic carbocycles. The molecule has 0 saturated heterocycles. The lowest BCUT2D eigenvalue weighted by atomic mass is 10.1. The van der Waals surface area contributed by atoms with Gasteiger partial charge in [-0.3, -0.25) is 9.59 Å². The summed E-state index contributed by atoms with van der Waals surface area (Å²) < 4.78 is 0. The van der Waals surface area contributed by atoms with Gasteiger partial charge in [0.2, 0.25) is 0 Å². The molecule has 1 rings (SSSR count). The highest BCUT2D eigenvalue weighted by atomic mass is 32.2. The maximum absolute atomic E-state index is 11.9. The van der Waals surface area contributed by atoms with Crippen LogP contribution < -0.4 is 5.32 Å².